The number of halogens is 1. The summed E-state index contributed by atoms with van der Waals surface area (Å²) in [4.78, 5) is 0. The van der Waals surface area contributed by atoms with Crippen molar-refractivity contribution in [2.75, 3.05) is 6.54 Å². The molecule has 0 aliphatic rings. The molecule has 0 amide bonds. The minimum atomic E-state index is 0.318. The number of benzene rings is 1. The van der Waals surface area contributed by atoms with E-state index in [1.807, 2.05) is 12.1 Å². The van der Waals surface area contributed by atoms with Crippen molar-refractivity contribution in [3.63, 3.8) is 0 Å². The molecule has 1 heterocycles. The van der Waals surface area contributed by atoms with Gasteiger partial charge in [-0.2, -0.15) is 0 Å². The lowest BCUT2D eigenvalue weighted by Crippen LogP contribution is -2.21. The van der Waals surface area contributed by atoms with Gasteiger partial charge in [-0.25, -0.2) is 0 Å². The molecular weight excluding hydrogens is 322 g/mol. The van der Waals surface area contributed by atoms with E-state index in [4.69, 9.17) is 0 Å². The topological polar surface area (TPSA) is 37.8 Å². The molecule has 1 atom stereocenters. The first-order valence-corrected chi connectivity index (χ1v) is 8.18. The van der Waals surface area contributed by atoms with E-state index < -0.39 is 0 Å². The Labute approximate surface area is 126 Å². The van der Waals surface area contributed by atoms with Gasteiger partial charge in [0.25, 0.3) is 0 Å². The van der Waals surface area contributed by atoms with Gasteiger partial charge in [-0.05, 0) is 31.5 Å². The van der Waals surface area contributed by atoms with Crippen LogP contribution < -0.4 is 5.32 Å². The molecule has 102 valence electrons. The first-order chi connectivity index (χ1) is 9.24. The summed E-state index contributed by atoms with van der Waals surface area (Å²) in [6.07, 6.45) is 2.17. The minimum Gasteiger partial charge on any atom is -0.308 e. The number of hydrogen-bond donors (Lipinski definition) is 1. The Kier molecular flexibility index (Phi) is 5.48. The Bertz CT molecular complexity index is 527. The van der Waals surface area contributed by atoms with Gasteiger partial charge in [-0.1, -0.05) is 53.2 Å². The average molecular weight is 340 g/mol. The molecule has 0 bridgehead atoms. The Morgan fingerprint density at radius 2 is 2.16 bits per heavy atom. The molecule has 3 nitrogen and oxygen atoms in total. The van der Waals surface area contributed by atoms with Gasteiger partial charge in [0.2, 0.25) is 0 Å². The van der Waals surface area contributed by atoms with Gasteiger partial charge < -0.3 is 5.32 Å². The van der Waals surface area contributed by atoms with E-state index in [0.29, 0.717) is 6.04 Å². The molecule has 1 aromatic heterocycles. The summed E-state index contributed by atoms with van der Waals surface area (Å²) in [7, 11) is 0. The number of nitrogens with zero attached hydrogens (tertiary/aromatic N) is 2. The first kappa shape index (κ1) is 14.6. The third-order valence-electron chi connectivity index (χ3n) is 2.86. The third kappa shape index (κ3) is 3.84. The lowest BCUT2D eigenvalue weighted by Gasteiger charge is -2.12. The van der Waals surface area contributed by atoms with Crippen LogP contribution in [0, 0.1) is 0 Å². The van der Waals surface area contributed by atoms with Gasteiger partial charge in [-0.15, -0.1) is 10.2 Å². The van der Waals surface area contributed by atoms with Crippen LogP contribution in [0.4, 0.5) is 0 Å². The van der Waals surface area contributed by atoms with E-state index in [9.17, 15) is 0 Å². The van der Waals surface area contributed by atoms with Gasteiger partial charge in [0.05, 0.1) is 6.04 Å². The highest BCUT2D eigenvalue weighted by Gasteiger charge is 2.15. The molecule has 0 aliphatic carbocycles. The molecule has 0 saturated heterocycles. The maximum Gasteiger partial charge on any atom is 0.147 e. The van der Waals surface area contributed by atoms with Crippen LogP contribution in [0.2, 0.25) is 0 Å². The standard InChI is InChI=1S/C14H18BrN3S/c1-3-8-16-12(4-2)14-18-17-13(19-14)10-6-5-7-11(15)9-10/h5-7,9,12,16H,3-4,8H2,1-2H3. The van der Waals surface area contributed by atoms with Crippen molar-refractivity contribution in [2.45, 2.75) is 32.7 Å². The fraction of sp³-hybridized carbons (Fsp3) is 0.429. The number of nitrogens with one attached hydrogen (secondary N) is 1. The Morgan fingerprint density at radius 3 is 2.84 bits per heavy atom. The predicted molar refractivity (Wildman–Crippen MR) is 84.4 cm³/mol. The van der Waals surface area contributed by atoms with E-state index in [1.165, 1.54) is 0 Å². The molecule has 5 heteroatoms. The smallest absolute Gasteiger partial charge is 0.147 e. The minimum absolute atomic E-state index is 0.318. The molecule has 2 aromatic rings. The molecule has 0 radical (unpaired) electrons. The molecule has 1 N–H and O–H groups in total. The van der Waals surface area contributed by atoms with Crippen molar-refractivity contribution in [1.29, 1.82) is 0 Å². The first-order valence-electron chi connectivity index (χ1n) is 6.57. The summed E-state index contributed by atoms with van der Waals surface area (Å²) >= 11 is 5.16. The highest BCUT2D eigenvalue weighted by molar-refractivity contribution is 9.10. The maximum atomic E-state index is 4.34. The fourth-order valence-electron chi connectivity index (χ4n) is 1.84. The SMILES string of the molecule is CCCNC(CC)c1nnc(-c2cccc(Br)c2)s1. The van der Waals surface area contributed by atoms with Gasteiger partial charge in [0.1, 0.15) is 10.0 Å². The lowest BCUT2D eigenvalue weighted by atomic mass is 10.2. The largest absolute Gasteiger partial charge is 0.308 e. The summed E-state index contributed by atoms with van der Waals surface area (Å²) in [5.74, 6) is 0. The van der Waals surface area contributed by atoms with Crippen LogP contribution >= 0.6 is 27.3 Å². The van der Waals surface area contributed by atoms with Gasteiger partial charge in [0.15, 0.2) is 0 Å². The molecule has 0 aliphatic heterocycles. The highest BCUT2D eigenvalue weighted by atomic mass is 79.9. The monoisotopic (exact) mass is 339 g/mol. The Morgan fingerprint density at radius 1 is 1.32 bits per heavy atom. The molecule has 19 heavy (non-hydrogen) atoms. The zero-order chi connectivity index (χ0) is 13.7. The van der Waals surface area contributed by atoms with Crippen LogP contribution in [0.1, 0.15) is 37.7 Å². The molecule has 0 saturated carbocycles. The summed E-state index contributed by atoms with van der Waals surface area (Å²) in [5.41, 5.74) is 1.11. The van der Waals surface area contributed by atoms with Crippen molar-refractivity contribution in [1.82, 2.24) is 15.5 Å². The van der Waals surface area contributed by atoms with Crippen molar-refractivity contribution in [3.8, 4) is 10.6 Å². The van der Waals surface area contributed by atoms with E-state index >= 15 is 0 Å². The van der Waals surface area contributed by atoms with Crippen LogP contribution in [0.3, 0.4) is 0 Å². The molecular formula is C14H18BrN3S. The number of hydrogen-bond acceptors (Lipinski definition) is 4. The average Bonchev–Trinajstić information content (AvgIpc) is 2.89. The van der Waals surface area contributed by atoms with Crippen molar-refractivity contribution < 1.29 is 0 Å². The number of rotatable bonds is 6. The third-order valence-corrected chi connectivity index (χ3v) is 4.44. The normalized spacial score (nSPS) is 12.6. The van der Waals surface area contributed by atoms with Crippen molar-refractivity contribution in [3.05, 3.63) is 33.7 Å². The molecule has 2 rings (SSSR count). The van der Waals surface area contributed by atoms with Gasteiger partial charge in [0, 0.05) is 10.0 Å². The second kappa shape index (κ2) is 7.12. The summed E-state index contributed by atoms with van der Waals surface area (Å²) in [6.45, 7) is 5.37. The second-order valence-electron chi connectivity index (χ2n) is 4.37. The van der Waals surface area contributed by atoms with E-state index in [1.54, 1.807) is 11.3 Å². The summed E-state index contributed by atoms with van der Waals surface area (Å²) < 4.78 is 1.07. The molecule has 1 aromatic carbocycles. The lowest BCUT2D eigenvalue weighted by molar-refractivity contribution is 0.513. The maximum absolute atomic E-state index is 4.34. The van der Waals surface area contributed by atoms with Gasteiger partial charge in [-0.3, -0.25) is 0 Å². The van der Waals surface area contributed by atoms with E-state index in [2.05, 4.69) is 57.4 Å². The predicted octanol–water partition coefficient (Wildman–Crippen LogP) is 4.42. The molecule has 0 fully saturated rings. The zero-order valence-corrected chi connectivity index (χ0v) is 13.6. The van der Waals surface area contributed by atoms with Crippen LogP contribution in [0.15, 0.2) is 28.7 Å². The van der Waals surface area contributed by atoms with Crippen molar-refractivity contribution in [2.24, 2.45) is 0 Å². The van der Waals surface area contributed by atoms with Crippen LogP contribution in [0.25, 0.3) is 10.6 Å². The second-order valence-corrected chi connectivity index (χ2v) is 6.30. The quantitative estimate of drug-likeness (QED) is 0.846. The van der Waals surface area contributed by atoms with Crippen LogP contribution in [-0.4, -0.2) is 16.7 Å². The zero-order valence-electron chi connectivity index (χ0n) is 11.2. The Balaban J connectivity index is 2.18. The van der Waals surface area contributed by atoms with Crippen LogP contribution in [0.5, 0.6) is 0 Å². The van der Waals surface area contributed by atoms with Crippen molar-refractivity contribution >= 4 is 27.3 Å². The number of aromatic nitrogens is 2. The molecule has 0 spiro atoms. The van der Waals surface area contributed by atoms with E-state index in [0.717, 1.165) is 39.4 Å². The van der Waals surface area contributed by atoms with Crippen LogP contribution in [-0.2, 0) is 0 Å². The fourth-order valence-corrected chi connectivity index (χ4v) is 3.24. The summed E-state index contributed by atoms with van der Waals surface area (Å²) in [5, 5.41) is 14.2. The highest BCUT2D eigenvalue weighted by Crippen LogP contribution is 2.29. The van der Waals surface area contributed by atoms with Gasteiger partial charge >= 0.3 is 0 Å². The summed E-state index contributed by atoms with van der Waals surface area (Å²) in [6, 6.07) is 8.49. The Hall–Kier alpha value is -0.780. The van der Waals surface area contributed by atoms with E-state index in [-0.39, 0.29) is 0 Å². The molecule has 1 unspecified atom stereocenters.